The number of amides is 1. The largest absolute Gasteiger partial charge is 0.634 e. The van der Waals surface area contributed by atoms with E-state index in [0.717, 1.165) is 25.7 Å². The predicted molar refractivity (Wildman–Crippen MR) is 115 cm³/mol. The smallest absolute Gasteiger partial charge is 0.220 e. The average Bonchev–Trinajstić information content (AvgIpc) is 2.57. The molecule has 1 fully saturated rings. The lowest BCUT2D eigenvalue weighted by Crippen LogP contribution is -3.23. The number of quaternary nitrogens is 1. The molecule has 0 aromatic carbocycles. The van der Waals surface area contributed by atoms with Gasteiger partial charge < -0.3 is 15.6 Å². The molecule has 0 radical (unpaired) electrons. The van der Waals surface area contributed by atoms with Crippen molar-refractivity contribution in [2.24, 2.45) is 0 Å². The van der Waals surface area contributed by atoms with Crippen LogP contribution in [0.4, 0.5) is 0 Å². The quantitative estimate of drug-likeness (QED) is 0.351. The Morgan fingerprint density at radius 1 is 0.852 bits per heavy atom. The first-order chi connectivity index (χ1) is 12.7. The molecular weight excluding hydrogens is 336 g/mol. The normalized spacial score (nSPS) is 23.9. The number of hydroxylamine groups is 2. The third-order valence-electron chi connectivity index (χ3n) is 6.12. The maximum Gasteiger partial charge on any atom is 0.220 e. The Hall–Kier alpha value is -0.610. The third kappa shape index (κ3) is 9.43. The molecule has 0 bridgehead atoms. The predicted octanol–water partition coefficient (Wildman–Crippen LogP) is 4.91. The van der Waals surface area contributed by atoms with Crippen LogP contribution in [0.15, 0.2) is 0 Å². The standard InChI is InChI=1S/C23H46N2O2/c1-6-7-8-9-10-11-12-13-14-15-16-17-21(26)24-20-18-22(2,3)25(27)23(4,5)19-20/h20,25H,6-19H2,1-5H3,(H,24,26). The molecule has 1 rings (SSSR count). The van der Waals surface area contributed by atoms with E-state index >= 15 is 0 Å². The molecule has 1 aliphatic rings. The highest BCUT2D eigenvalue weighted by atomic mass is 16.5. The minimum Gasteiger partial charge on any atom is -0.634 e. The Bertz CT molecular complexity index is 403. The first kappa shape index (κ1) is 24.4. The minimum absolute atomic E-state index is 0.132. The Balaban J connectivity index is 2.08. The van der Waals surface area contributed by atoms with Crippen molar-refractivity contribution in [2.45, 2.75) is 142 Å². The lowest BCUT2D eigenvalue weighted by molar-refractivity contribution is -0.955. The van der Waals surface area contributed by atoms with Gasteiger partial charge in [0, 0.05) is 25.3 Å². The van der Waals surface area contributed by atoms with Crippen molar-refractivity contribution in [1.29, 1.82) is 0 Å². The number of carbonyl (C=O) groups is 1. The summed E-state index contributed by atoms with van der Waals surface area (Å²) in [7, 11) is 0. The molecule has 0 spiro atoms. The van der Waals surface area contributed by atoms with Crippen molar-refractivity contribution in [3.8, 4) is 0 Å². The highest BCUT2D eigenvalue weighted by Crippen LogP contribution is 2.23. The monoisotopic (exact) mass is 382 g/mol. The number of hydrogen-bond donors (Lipinski definition) is 2. The van der Waals surface area contributed by atoms with Crippen LogP contribution < -0.4 is 10.4 Å². The summed E-state index contributed by atoms with van der Waals surface area (Å²) >= 11 is 0. The lowest BCUT2D eigenvalue weighted by Gasteiger charge is -2.54. The fraction of sp³-hybridized carbons (Fsp3) is 0.957. The maximum atomic E-state index is 12.5. The van der Waals surface area contributed by atoms with E-state index in [9.17, 15) is 10.0 Å². The van der Waals surface area contributed by atoms with Gasteiger partial charge >= 0.3 is 0 Å². The molecule has 0 aromatic rings. The summed E-state index contributed by atoms with van der Waals surface area (Å²) in [6, 6.07) is 0.132. The van der Waals surface area contributed by atoms with E-state index in [1.165, 1.54) is 57.8 Å². The van der Waals surface area contributed by atoms with Crippen molar-refractivity contribution in [2.75, 3.05) is 0 Å². The van der Waals surface area contributed by atoms with Crippen molar-refractivity contribution in [3.63, 3.8) is 0 Å². The second kappa shape index (κ2) is 12.1. The van der Waals surface area contributed by atoms with E-state index < -0.39 is 0 Å². The summed E-state index contributed by atoms with van der Waals surface area (Å²) in [4.78, 5) is 12.3. The summed E-state index contributed by atoms with van der Waals surface area (Å²) in [5.41, 5.74) is -0.674. The Kier molecular flexibility index (Phi) is 10.9. The molecule has 160 valence electrons. The van der Waals surface area contributed by atoms with Crippen molar-refractivity contribution in [1.82, 2.24) is 5.32 Å². The van der Waals surface area contributed by atoms with Crippen LogP contribution in [0.3, 0.4) is 0 Å². The van der Waals surface area contributed by atoms with Gasteiger partial charge in [0.2, 0.25) is 5.91 Å². The van der Waals surface area contributed by atoms with Crippen LogP contribution in [0.2, 0.25) is 0 Å². The van der Waals surface area contributed by atoms with Gasteiger partial charge in [-0.15, -0.1) is 0 Å². The molecule has 0 atom stereocenters. The van der Waals surface area contributed by atoms with Crippen molar-refractivity contribution < 1.29 is 9.86 Å². The first-order valence-corrected chi connectivity index (χ1v) is 11.5. The van der Waals surface area contributed by atoms with Crippen LogP contribution in [-0.2, 0) is 4.79 Å². The highest BCUT2D eigenvalue weighted by molar-refractivity contribution is 5.76. The number of rotatable bonds is 13. The summed E-state index contributed by atoms with van der Waals surface area (Å²) in [5, 5.41) is 16.0. The molecule has 0 aliphatic carbocycles. The molecule has 27 heavy (non-hydrogen) atoms. The fourth-order valence-electron chi connectivity index (χ4n) is 4.76. The van der Waals surface area contributed by atoms with Gasteiger partial charge in [0.25, 0.3) is 0 Å². The first-order valence-electron chi connectivity index (χ1n) is 11.5. The van der Waals surface area contributed by atoms with E-state index in [1.54, 1.807) is 0 Å². The van der Waals surface area contributed by atoms with Gasteiger partial charge in [-0.25, -0.2) is 0 Å². The Morgan fingerprint density at radius 3 is 1.70 bits per heavy atom. The highest BCUT2D eigenvalue weighted by Gasteiger charge is 2.45. The van der Waals surface area contributed by atoms with Gasteiger partial charge in [-0.2, -0.15) is 0 Å². The van der Waals surface area contributed by atoms with Crippen molar-refractivity contribution >= 4 is 5.91 Å². The number of piperidine rings is 1. The van der Waals surface area contributed by atoms with Crippen LogP contribution >= 0.6 is 0 Å². The number of hydrogen-bond acceptors (Lipinski definition) is 2. The number of carbonyl (C=O) groups excluding carboxylic acids is 1. The number of nitrogens with one attached hydrogen (secondary N) is 2. The molecule has 0 unspecified atom stereocenters. The second-order valence-corrected chi connectivity index (χ2v) is 10.1. The van der Waals surface area contributed by atoms with Gasteiger partial charge in [0.15, 0.2) is 0 Å². The summed E-state index contributed by atoms with van der Waals surface area (Å²) in [6.45, 7) is 10.3. The Labute approximate surface area is 168 Å². The van der Waals surface area contributed by atoms with E-state index in [1.807, 2.05) is 27.7 Å². The van der Waals surface area contributed by atoms with E-state index in [-0.39, 0.29) is 23.0 Å². The SMILES string of the molecule is CCCCCCCCCCCCCC(=O)NC1CC(C)(C)[NH+]([O-])C(C)(C)C1. The van der Waals surface area contributed by atoms with Crippen LogP contribution in [0.25, 0.3) is 0 Å². The zero-order valence-corrected chi connectivity index (χ0v) is 18.8. The molecular formula is C23H46N2O2. The second-order valence-electron chi connectivity index (χ2n) is 10.1. The minimum atomic E-state index is -0.337. The molecule has 0 saturated carbocycles. The van der Waals surface area contributed by atoms with Gasteiger partial charge in [-0.1, -0.05) is 71.1 Å². The van der Waals surface area contributed by atoms with Gasteiger partial charge in [0.05, 0.1) is 11.1 Å². The zero-order chi connectivity index (χ0) is 20.3. The molecule has 4 nitrogen and oxygen atoms in total. The topological polar surface area (TPSA) is 56.6 Å². The summed E-state index contributed by atoms with van der Waals surface area (Å²) in [6.07, 6.45) is 16.5. The molecule has 1 heterocycles. The molecule has 4 heteroatoms. The average molecular weight is 383 g/mol. The lowest BCUT2D eigenvalue weighted by atomic mass is 9.79. The molecule has 2 N–H and O–H groups in total. The van der Waals surface area contributed by atoms with Crippen LogP contribution in [-0.4, -0.2) is 23.0 Å². The van der Waals surface area contributed by atoms with Crippen LogP contribution in [0.5, 0.6) is 0 Å². The van der Waals surface area contributed by atoms with Crippen LogP contribution in [0.1, 0.15) is 125 Å². The number of unbranched alkanes of at least 4 members (excludes halogenated alkanes) is 10. The van der Waals surface area contributed by atoms with Gasteiger partial charge in [-0.05, 0) is 34.1 Å². The molecule has 1 amide bonds. The third-order valence-corrected chi connectivity index (χ3v) is 6.12. The molecule has 1 saturated heterocycles. The molecule has 0 aromatic heterocycles. The van der Waals surface area contributed by atoms with Gasteiger partial charge in [0.1, 0.15) is 0 Å². The van der Waals surface area contributed by atoms with Crippen molar-refractivity contribution in [3.05, 3.63) is 5.21 Å². The van der Waals surface area contributed by atoms with E-state index in [0.29, 0.717) is 11.5 Å². The van der Waals surface area contributed by atoms with Crippen LogP contribution in [0, 0.1) is 5.21 Å². The zero-order valence-electron chi connectivity index (χ0n) is 18.8. The summed E-state index contributed by atoms with van der Waals surface area (Å²) < 4.78 is 0. The maximum absolute atomic E-state index is 12.5. The Morgan fingerprint density at radius 2 is 1.26 bits per heavy atom. The fourth-order valence-corrected chi connectivity index (χ4v) is 4.76. The van der Waals surface area contributed by atoms with E-state index in [4.69, 9.17) is 0 Å². The van der Waals surface area contributed by atoms with Gasteiger partial charge in [-0.3, -0.25) is 4.79 Å². The summed E-state index contributed by atoms with van der Waals surface area (Å²) in [5.74, 6) is 0.164. The molecule has 1 aliphatic heterocycles. The van der Waals surface area contributed by atoms with E-state index in [2.05, 4.69) is 12.2 Å².